The second kappa shape index (κ2) is 2.95. The topological polar surface area (TPSA) is 89.1 Å². The van der Waals surface area contributed by atoms with E-state index >= 15 is 0 Å². The number of hydrogen-bond donors (Lipinski definition) is 2. The molecule has 70 valence electrons. The van der Waals surface area contributed by atoms with Gasteiger partial charge in [0.15, 0.2) is 0 Å². The van der Waals surface area contributed by atoms with E-state index in [9.17, 15) is 4.79 Å². The third-order valence-corrected chi connectivity index (χ3v) is 1.94. The van der Waals surface area contributed by atoms with Crippen molar-refractivity contribution in [2.75, 3.05) is 5.73 Å². The Hall–Kier alpha value is -2.17. The standard InChI is InChI=1S/C9H7N3O2/c10-8-2-5(9(13)14)1-6-3-11-12-4-7(6)8/h1-4H,10H2,(H,13,14). The van der Waals surface area contributed by atoms with E-state index < -0.39 is 5.97 Å². The normalized spacial score (nSPS) is 10.3. The number of nitrogen functional groups attached to an aromatic ring is 1. The molecule has 0 aliphatic heterocycles. The van der Waals surface area contributed by atoms with Gasteiger partial charge < -0.3 is 10.8 Å². The average molecular weight is 189 g/mol. The van der Waals surface area contributed by atoms with Gasteiger partial charge in [-0.3, -0.25) is 0 Å². The van der Waals surface area contributed by atoms with Crippen LogP contribution >= 0.6 is 0 Å². The van der Waals surface area contributed by atoms with Crippen LogP contribution in [0, 0.1) is 0 Å². The van der Waals surface area contributed by atoms with E-state index in [0.717, 1.165) is 0 Å². The lowest BCUT2D eigenvalue weighted by Crippen LogP contribution is -1.99. The number of anilines is 1. The molecule has 0 fully saturated rings. The Morgan fingerprint density at radius 3 is 2.71 bits per heavy atom. The van der Waals surface area contributed by atoms with E-state index in [-0.39, 0.29) is 5.56 Å². The third kappa shape index (κ3) is 1.24. The Kier molecular flexibility index (Phi) is 1.78. The first-order chi connectivity index (χ1) is 6.68. The number of aromatic carboxylic acids is 1. The van der Waals surface area contributed by atoms with Crippen molar-refractivity contribution in [1.82, 2.24) is 10.2 Å². The van der Waals surface area contributed by atoms with Gasteiger partial charge in [-0.2, -0.15) is 10.2 Å². The van der Waals surface area contributed by atoms with Crippen LogP contribution in [0.25, 0.3) is 10.8 Å². The molecule has 1 aromatic carbocycles. The molecule has 0 spiro atoms. The van der Waals surface area contributed by atoms with Gasteiger partial charge in [0.25, 0.3) is 0 Å². The molecule has 0 radical (unpaired) electrons. The molecule has 0 aliphatic carbocycles. The summed E-state index contributed by atoms with van der Waals surface area (Å²) in [6.07, 6.45) is 2.99. The Balaban J connectivity index is 2.78. The Morgan fingerprint density at radius 2 is 2.00 bits per heavy atom. The maximum Gasteiger partial charge on any atom is 0.335 e. The van der Waals surface area contributed by atoms with Crippen LogP contribution in [-0.2, 0) is 0 Å². The highest BCUT2D eigenvalue weighted by Crippen LogP contribution is 2.21. The zero-order valence-corrected chi connectivity index (χ0v) is 7.14. The van der Waals surface area contributed by atoms with Crippen LogP contribution in [0.5, 0.6) is 0 Å². The fraction of sp³-hybridized carbons (Fsp3) is 0. The molecular formula is C9H7N3O2. The summed E-state index contributed by atoms with van der Waals surface area (Å²) < 4.78 is 0. The minimum Gasteiger partial charge on any atom is -0.478 e. The van der Waals surface area contributed by atoms with Crippen LogP contribution in [0.3, 0.4) is 0 Å². The fourth-order valence-electron chi connectivity index (χ4n) is 1.26. The van der Waals surface area contributed by atoms with Crippen LogP contribution in [0.15, 0.2) is 24.5 Å². The summed E-state index contributed by atoms with van der Waals surface area (Å²) in [5.74, 6) is -1.00. The van der Waals surface area contributed by atoms with E-state index in [1.54, 1.807) is 0 Å². The second-order valence-electron chi connectivity index (χ2n) is 2.86. The Bertz CT molecular complexity index is 510. The Labute approximate surface area is 79.2 Å². The van der Waals surface area contributed by atoms with E-state index in [1.165, 1.54) is 24.5 Å². The number of nitrogens with zero attached hydrogens (tertiary/aromatic N) is 2. The number of hydrogen-bond acceptors (Lipinski definition) is 4. The van der Waals surface area contributed by atoms with E-state index in [4.69, 9.17) is 10.8 Å². The first-order valence-corrected chi connectivity index (χ1v) is 3.91. The molecule has 1 heterocycles. The lowest BCUT2D eigenvalue weighted by Gasteiger charge is -2.02. The first kappa shape index (κ1) is 8.43. The van der Waals surface area contributed by atoms with Crippen molar-refractivity contribution in [3.63, 3.8) is 0 Å². The highest BCUT2D eigenvalue weighted by molar-refractivity contribution is 5.99. The SMILES string of the molecule is Nc1cc(C(=O)O)cc2cnncc12. The number of carboxylic acids is 1. The molecule has 14 heavy (non-hydrogen) atoms. The van der Waals surface area contributed by atoms with Crippen molar-refractivity contribution in [3.05, 3.63) is 30.1 Å². The number of carbonyl (C=O) groups is 1. The number of rotatable bonds is 1. The van der Waals surface area contributed by atoms with Gasteiger partial charge in [-0.1, -0.05) is 0 Å². The minimum atomic E-state index is -1.00. The molecule has 2 rings (SSSR count). The molecule has 0 bridgehead atoms. The number of benzene rings is 1. The Morgan fingerprint density at radius 1 is 1.29 bits per heavy atom. The lowest BCUT2D eigenvalue weighted by molar-refractivity contribution is 0.0697. The molecule has 0 saturated heterocycles. The molecule has 0 unspecified atom stereocenters. The van der Waals surface area contributed by atoms with Gasteiger partial charge in [0, 0.05) is 16.5 Å². The first-order valence-electron chi connectivity index (χ1n) is 3.91. The van der Waals surface area contributed by atoms with Crippen LogP contribution in [0.1, 0.15) is 10.4 Å². The average Bonchev–Trinajstić information content (AvgIpc) is 2.17. The minimum absolute atomic E-state index is 0.156. The predicted molar refractivity (Wildman–Crippen MR) is 50.9 cm³/mol. The molecule has 0 amide bonds. The third-order valence-electron chi connectivity index (χ3n) is 1.94. The predicted octanol–water partition coefficient (Wildman–Crippen LogP) is 0.910. The maximum atomic E-state index is 10.7. The van der Waals surface area contributed by atoms with Gasteiger partial charge in [-0.05, 0) is 12.1 Å². The maximum absolute atomic E-state index is 10.7. The number of aromatic nitrogens is 2. The van der Waals surface area contributed by atoms with Crippen molar-refractivity contribution in [1.29, 1.82) is 0 Å². The monoisotopic (exact) mass is 189 g/mol. The van der Waals surface area contributed by atoms with E-state index in [1.807, 2.05) is 0 Å². The molecule has 5 nitrogen and oxygen atoms in total. The highest BCUT2D eigenvalue weighted by atomic mass is 16.4. The van der Waals surface area contributed by atoms with Crippen molar-refractivity contribution < 1.29 is 9.90 Å². The molecule has 0 aliphatic rings. The van der Waals surface area contributed by atoms with Gasteiger partial charge in [0.1, 0.15) is 0 Å². The fourth-order valence-corrected chi connectivity index (χ4v) is 1.26. The van der Waals surface area contributed by atoms with Crippen molar-refractivity contribution in [2.45, 2.75) is 0 Å². The lowest BCUT2D eigenvalue weighted by atomic mass is 10.1. The van der Waals surface area contributed by atoms with Crippen LogP contribution < -0.4 is 5.73 Å². The zero-order chi connectivity index (χ0) is 10.1. The summed E-state index contributed by atoms with van der Waals surface area (Å²) in [7, 11) is 0. The van der Waals surface area contributed by atoms with Crippen molar-refractivity contribution >= 4 is 22.4 Å². The largest absolute Gasteiger partial charge is 0.478 e. The summed E-state index contributed by atoms with van der Waals surface area (Å²) in [6, 6.07) is 2.93. The van der Waals surface area contributed by atoms with E-state index in [0.29, 0.717) is 16.5 Å². The summed E-state index contributed by atoms with van der Waals surface area (Å²) in [5.41, 5.74) is 6.22. The number of nitrogens with two attached hydrogens (primary N) is 1. The van der Waals surface area contributed by atoms with Crippen LogP contribution in [0.2, 0.25) is 0 Å². The van der Waals surface area contributed by atoms with Gasteiger partial charge in [-0.15, -0.1) is 0 Å². The van der Waals surface area contributed by atoms with Crippen LogP contribution in [-0.4, -0.2) is 21.3 Å². The molecule has 0 atom stereocenters. The highest BCUT2D eigenvalue weighted by Gasteiger charge is 2.06. The van der Waals surface area contributed by atoms with Gasteiger partial charge >= 0.3 is 5.97 Å². The van der Waals surface area contributed by atoms with E-state index in [2.05, 4.69) is 10.2 Å². The molecule has 0 saturated carbocycles. The summed E-state index contributed by atoms with van der Waals surface area (Å²) in [4.78, 5) is 10.7. The molecular weight excluding hydrogens is 182 g/mol. The van der Waals surface area contributed by atoms with Gasteiger partial charge in [0.05, 0.1) is 18.0 Å². The quantitative estimate of drug-likeness (QED) is 0.651. The molecule has 3 N–H and O–H groups in total. The van der Waals surface area contributed by atoms with Gasteiger partial charge in [0.2, 0.25) is 0 Å². The van der Waals surface area contributed by atoms with Crippen molar-refractivity contribution in [3.8, 4) is 0 Å². The number of carboxylic acid groups (broad SMARTS) is 1. The summed E-state index contributed by atoms with van der Waals surface area (Å²) >= 11 is 0. The number of fused-ring (bicyclic) bond motifs is 1. The molecule has 2 aromatic rings. The van der Waals surface area contributed by atoms with Crippen molar-refractivity contribution in [2.24, 2.45) is 0 Å². The summed E-state index contributed by atoms with van der Waals surface area (Å²) in [5, 5.41) is 17.5. The second-order valence-corrected chi connectivity index (χ2v) is 2.86. The van der Waals surface area contributed by atoms with Gasteiger partial charge in [-0.25, -0.2) is 4.79 Å². The smallest absolute Gasteiger partial charge is 0.335 e. The molecule has 1 aromatic heterocycles. The zero-order valence-electron chi connectivity index (χ0n) is 7.14. The summed E-state index contributed by atoms with van der Waals surface area (Å²) in [6.45, 7) is 0. The molecule has 5 heteroatoms. The van der Waals surface area contributed by atoms with Crippen LogP contribution in [0.4, 0.5) is 5.69 Å².